The molecule has 7 heteroatoms. The zero-order valence-electron chi connectivity index (χ0n) is 10.6. The zero-order chi connectivity index (χ0) is 15.6. The highest BCUT2D eigenvalue weighted by Crippen LogP contribution is 2.24. The molecule has 0 aliphatic rings. The summed E-state index contributed by atoms with van der Waals surface area (Å²) in [4.78, 5) is 23.2. The number of carbonyl (C=O) groups excluding carboxylic acids is 1. The second kappa shape index (κ2) is 5.92. The zero-order valence-corrected chi connectivity index (χ0v) is 12.1. The number of amides is 1. The molecule has 0 aromatic heterocycles. The van der Waals surface area contributed by atoms with Crippen LogP contribution in [0.5, 0.6) is 0 Å². The quantitative estimate of drug-likeness (QED) is 0.740. The molecular weight excluding hydrogens is 343 g/mol. The average Bonchev–Trinajstić information content (AvgIpc) is 2.38. The van der Waals surface area contributed by atoms with Crippen LogP contribution in [0.2, 0.25) is 0 Å². The van der Waals surface area contributed by atoms with Crippen LogP contribution < -0.4 is 11.1 Å². The van der Waals surface area contributed by atoms with Crippen molar-refractivity contribution in [3.05, 3.63) is 57.8 Å². The van der Waals surface area contributed by atoms with E-state index in [1.807, 2.05) is 0 Å². The van der Waals surface area contributed by atoms with Gasteiger partial charge < -0.3 is 16.2 Å². The van der Waals surface area contributed by atoms with Crippen molar-refractivity contribution >= 4 is 39.2 Å². The molecule has 1 amide bonds. The molecule has 0 aliphatic heterocycles. The summed E-state index contributed by atoms with van der Waals surface area (Å²) >= 11 is 3.08. The van der Waals surface area contributed by atoms with E-state index in [2.05, 4.69) is 21.2 Å². The number of carboxylic acid groups (broad SMARTS) is 1. The number of carboxylic acids is 1. The standard InChI is InChI=1S/C14H10BrFN2O3/c15-9-2-1-3-10(16)12(9)13(19)18-11-6-7(17)4-5-8(11)14(20)21/h1-6H,17H2,(H,18,19)(H,20,21). The van der Waals surface area contributed by atoms with Gasteiger partial charge in [-0.2, -0.15) is 0 Å². The molecule has 0 saturated heterocycles. The van der Waals surface area contributed by atoms with Crippen molar-refractivity contribution in [2.75, 3.05) is 11.1 Å². The van der Waals surface area contributed by atoms with Gasteiger partial charge in [-0.1, -0.05) is 6.07 Å². The molecule has 0 unspecified atom stereocenters. The normalized spacial score (nSPS) is 10.2. The van der Waals surface area contributed by atoms with Gasteiger partial charge in [0.05, 0.1) is 16.8 Å². The maximum absolute atomic E-state index is 13.7. The molecule has 0 spiro atoms. The fraction of sp³-hybridized carbons (Fsp3) is 0. The Morgan fingerprint density at radius 1 is 1.24 bits per heavy atom. The predicted molar refractivity (Wildman–Crippen MR) is 79.9 cm³/mol. The van der Waals surface area contributed by atoms with E-state index in [4.69, 9.17) is 10.8 Å². The van der Waals surface area contributed by atoms with Gasteiger partial charge >= 0.3 is 5.97 Å². The number of hydrogen-bond acceptors (Lipinski definition) is 3. The maximum Gasteiger partial charge on any atom is 0.337 e. The SMILES string of the molecule is Nc1ccc(C(=O)O)c(NC(=O)c2c(F)cccc2Br)c1. The number of rotatable bonds is 3. The van der Waals surface area contributed by atoms with Crippen molar-refractivity contribution in [2.24, 2.45) is 0 Å². The van der Waals surface area contributed by atoms with E-state index >= 15 is 0 Å². The Bertz CT molecular complexity index is 714. The first-order valence-electron chi connectivity index (χ1n) is 5.78. The highest BCUT2D eigenvalue weighted by molar-refractivity contribution is 9.10. The van der Waals surface area contributed by atoms with Gasteiger partial charge in [-0.05, 0) is 46.3 Å². The number of nitrogens with two attached hydrogens (primary N) is 1. The van der Waals surface area contributed by atoms with Crippen LogP contribution in [-0.4, -0.2) is 17.0 Å². The molecule has 0 radical (unpaired) electrons. The van der Waals surface area contributed by atoms with E-state index in [1.54, 1.807) is 0 Å². The lowest BCUT2D eigenvalue weighted by Crippen LogP contribution is -2.17. The fourth-order valence-corrected chi connectivity index (χ4v) is 2.27. The molecule has 0 fully saturated rings. The maximum atomic E-state index is 13.7. The van der Waals surface area contributed by atoms with E-state index < -0.39 is 17.7 Å². The Kier molecular flexibility index (Phi) is 4.23. The van der Waals surface area contributed by atoms with Gasteiger partial charge in [-0.3, -0.25) is 4.79 Å². The number of halogens is 2. The van der Waals surface area contributed by atoms with Crippen LogP contribution in [0.25, 0.3) is 0 Å². The van der Waals surface area contributed by atoms with E-state index in [0.717, 1.165) is 6.07 Å². The first kappa shape index (κ1) is 15.0. The topological polar surface area (TPSA) is 92.4 Å². The summed E-state index contributed by atoms with van der Waals surface area (Å²) in [5, 5.41) is 11.4. The van der Waals surface area contributed by atoms with Crippen molar-refractivity contribution in [3.63, 3.8) is 0 Å². The first-order chi connectivity index (χ1) is 9.90. The van der Waals surface area contributed by atoms with E-state index in [0.29, 0.717) is 0 Å². The minimum atomic E-state index is -1.22. The Hall–Kier alpha value is -2.41. The monoisotopic (exact) mass is 352 g/mol. The fourth-order valence-electron chi connectivity index (χ4n) is 1.75. The smallest absolute Gasteiger partial charge is 0.337 e. The van der Waals surface area contributed by atoms with Gasteiger partial charge in [0, 0.05) is 10.2 Å². The summed E-state index contributed by atoms with van der Waals surface area (Å²) in [7, 11) is 0. The molecule has 0 atom stereocenters. The molecule has 2 aromatic carbocycles. The summed E-state index contributed by atoms with van der Waals surface area (Å²) in [5.74, 6) is -2.71. The lowest BCUT2D eigenvalue weighted by atomic mass is 10.1. The lowest BCUT2D eigenvalue weighted by molar-refractivity contribution is 0.0698. The Morgan fingerprint density at radius 3 is 2.57 bits per heavy atom. The molecular formula is C14H10BrFN2O3. The minimum absolute atomic E-state index is 0.00246. The number of nitrogens with one attached hydrogen (secondary N) is 1. The van der Waals surface area contributed by atoms with Crippen LogP contribution in [0.15, 0.2) is 40.9 Å². The molecule has 2 rings (SSSR count). The average molecular weight is 353 g/mol. The predicted octanol–water partition coefficient (Wildman–Crippen LogP) is 3.12. The Morgan fingerprint density at radius 2 is 1.95 bits per heavy atom. The van der Waals surface area contributed by atoms with Crippen molar-refractivity contribution in [1.82, 2.24) is 0 Å². The van der Waals surface area contributed by atoms with Crippen LogP contribution >= 0.6 is 15.9 Å². The molecule has 21 heavy (non-hydrogen) atoms. The highest BCUT2D eigenvalue weighted by Gasteiger charge is 2.18. The van der Waals surface area contributed by atoms with Gasteiger partial charge in [0.1, 0.15) is 5.82 Å². The van der Waals surface area contributed by atoms with Gasteiger partial charge in [-0.25, -0.2) is 9.18 Å². The Balaban J connectivity index is 2.40. The number of aromatic carboxylic acids is 1. The molecule has 0 aliphatic carbocycles. The lowest BCUT2D eigenvalue weighted by Gasteiger charge is -2.11. The summed E-state index contributed by atoms with van der Waals surface area (Å²) in [6.45, 7) is 0. The molecule has 2 aromatic rings. The van der Waals surface area contributed by atoms with Gasteiger partial charge in [0.25, 0.3) is 5.91 Å². The summed E-state index contributed by atoms with van der Waals surface area (Å²) < 4.78 is 14.0. The van der Waals surface area contributed by atoms with Crippen LogP contribution in [0.3, 0.4) is 0 Å². The minimum Gasteiger partial charge on any atom is -0.478 e. The van der Waals surface area contributed by atoms with Crippen LogP contribution in [0.1, 0.15) is 20.7 Å². The number of carbonyl (C=O) groups is 2. The van der Waals surface area contributed by atoms with E-state index in [1.165, 1.54) is 30.3 Å². The summed E-state index contributed by atoms with van der Waals surface area (Å²) in [5.41, 5.74) is 5.51. The van der Waals surface area contributed by atoms with E-state index in [-0.39, 0.29) is 27.0 Å². The number of anilines is 2. The molecule has 4 N–H and O–H groups in total. The second-order valence-electron chi connectivity index (χ2n) is 4.16. The number of nitrogen functional groups attached to an aromatic ring is 1. The molecule has 108 valence electrons. The third-order valence-corrected chi connectivity index (χ3v) is 3.37. The number of benzene rings is 2. The number of hydrogen-bond donors (Lipinski definition) is 3. The largest absolute Gasteiger partial charge is 0.478 e. The molecule has 0 saturated carbocycles. The first-order valence-corrected chi connectivity index (χ1v) is 6.57. The van der Waals surface area contributed by atoms with E-state index in [9.17, 15) is 14.0 Å². The van der Waals surface area contributed by atoms with Crippen molar-refractivity contribution < 1.29 is 19.1 Å². The van der Waals surface area contributed by atoms with Gasteiger partial charge in [0.15, 0.2) is 0 Å². The van der Waals surface area contributed by atoms with Crippen molar-refractivity contribution in [1.29, 1.82) is 0 Å². The van der Waals surface area contributed by atoms with Gasteiger partial charge in [0.2, 0.25) is 0 Å². The van der Waals surface area contributed by atoms with Crippen molar-refractivity contribution in [3.8, 4) is 0 Å². The van der Waals surface area contributed by atoms with Crippen molar-refractivity contribution in [2.45, 2.75) is 0 Å². The molecule has 0 heterocycles. The summed E-state index contributed by atoms with van der Waals surface area (Å²) in [6, 6.07) is 8.06. The summed E-state index contributed by atoms with van der Waals surface area (Å²) in [6.07, 6.45) is 0. The molecule has 5 nitrogen and oxygen atoms in total. The van der Waals surface area contributed by atoms with Crippen LogP contribution in [0, 0.1) is 5.82 Å². The van der Waals surface area contributed by atoms with Crippen LogP contribution in [0.4, 0.5) is 15.8 Å². The van der Waals surface area contributed by atoms with Gasteiger partial charge in [-0.15, -0.1) is 0 Å². The van der Waals surface area contributed by atoms with Crippen LogP contribution in [-0.2, 0) is 0 Å². The Labute approximate surface area is 127 Å². The third-order valence-electron chi connectivity index (χ3n) is 2.71. The molecule has 0 bridgehead atoms. The third kappa shape index (κ3) is 3.19. The second-order valence-corrected chi connectivity index (χ2v) is 5.02. The highest BCUT2D eigenvalue weighted by atomic mass is 79.9.